The Kier molecular flexibility index (Phi) is 6.51. The second-order valence-electron chi connectivity index (χ2n) is 7.95. The molecule has 0 aromatic carbocycles. The fraction of sp³-hybridized carbons (Fsp3) is 0.684. The number of aromatic nitrogens is 4. The zero-order valence-corrected chi connectivity index (χ0v) is 18.0. The predicted octanol–water partition coefficient (Wildman–Crippen LogP) is 0.856. The van der Waals surface area contributed by atoms with Gasteiger partial charge in [-0.25, -0.2) is 15.0 Å². The van der Waals surface area contributed by atoms with Crippen molar-refractivity contribution in [2.45, 2.75) is 20.3 Å². The van der Waals surface area contributed by atoms with E-state index in [1.54, 1.807) is 6.33 Å². The van der Waals surface area contributed by atoms with Gasteiger partial charge in [-0.2, -0.15) is 4.98 Å². The molecular weight excluding hydrogens is 388 g/mol. The van der Waals surface area contributed by atoms with E-state index in [0.717, 1.165) is 80.9 Å². The number of hydrogen-bond acceptors (Lipinski definition) is 9. The molecule has 2 N–H and O–H groups in total. The molecule has 0 amide bonds. The van der Waals surface area contributed by atoms with Gasteiger partial charge in [0.15, 0.2) is 11.6 Å². The van der Waals surface area contributed by atoms with Crippen molar-refractivity contribution in [2.24, 2.45) is 5.92 Å². The zero-order valence-electron chi connectivity index (χ0n) is 17.2. The molecule has 0 radical (unpaired) electrons. The highest BCUT2D eigenvalue weighted by atomic mass is 32.2. The van der Waals surface area contributed by atoms with Crippen LogP contribution in [0.4, 0.5) is 17.6 Å². The van der Waals surface area contributed by atoms with E-state index >= 15 is 0 Å². The summed E-state index contributed by atoms with van der Waals surface area (Å²) in [5.41, 5.74) is 1.53. The quantitative estimate of drug-likeness (QED) is 0.661. The Morgan fingerprint density at radius 3 is 2.55 bits per heavy atom. The topological polar surface area (TPSA) is 105 Å². The largest absolute Gasteiger partial charge is 0.616 e. The molecule has 0 aliphatic carbocycles. The smallest absolute Gasteiger partial charge is 0.228 e. The Labute approximate surface area is 174 Å². The molecule has 0 bridgehead atoms. The molecule has 10 heteroatoms. The Morgan fingerprint density at radius 2 is 1.83 bits per heavy atom. The first-order chi connectivity index (χ1) is 14.1. The maximum atomic E-state index is 11.8. The van der Waals surface area contributed by atoms with Crippen LogP contribution in [0.5, 0.6) is 0 Å². The van der Waals surface area contributed by atoms with Crippen LogP contribution in [-0.4, -0.2) is 81.8 Å². The standard InChI is InChI=1S/C19H30N8OS/c1-14(2)3-4-21-17-15-16(22-13-23-17)18(26-9-11-29(28)12-10-26)25-19(24-15)27-7-5-20-6-8-27/h13-14,20H,3-12H2,1-2H3,(H,21,22,23). The number of nitrogens with zero attached hydrogens (tertiary/aromatic N) is 6. The lowest BCUT2D eigenvalue weighted by Gasteiger charge is -2.32. The van der Waals surface area contributed by atoms with Gasteiger partial charge in [0.05, 0.1) is 13.1 Å². The second-order valence-corrected chi connectivity index (χ2v) is 9.64. The number of rotatable bonds is 6. The molecule has 4 rings (SSSR count). The highest BCUT2D eigenvalue weighted by molar-refractivity contribution is 7.91. The summed E-state index contributed by atoms with van der Waals surface area (Å²) < 4.78 is 11.8. The SMILES string of the molecule is CC(C)CCNc1ncnc2c(N3CC[S+]([O-])CC3)nc(N3CCNCC3)nc12. The molecule has 2 aromatic rings. The Hall–Kier alpha value is -1.91. The Bertz CT molecular complexity index is 821. The average Bonchev–Trinajstić information content (AvgIpc) is 2.74. The Balaban J connectivity index is 1.72. The number of hydrogen-bond donors (Lipinski definition) is 2. The first kappa shape index (κ1) is 20.4. The third-order valence-electron chi connectivity index (χ3n) is 5.34. The first-order valence-corrected chi connectivity index (χ1v) is 11.9. The molecule has 4 heterocycles. The van der Waals surface area contributed by atoms with Gasteiger partial charge in [-0.3, -0.25) is 0 Å². The summed E-state index contributed by atoms with van der Waals surface area (Å²) in [6.45, 7) is 10.3. The fourth-order valence-electron chi connectivity index (χ4n) is 3.61. The molecule has 2 saturated heterocycles. The second kappa shape index (κ2) is 9.27. The van der Waals surface area contributed by atoms with Crippen molar-refractivity contribution in [3.8, 4) is 0 Å². The molecule has 2 fully saturated rings. The first-order valence-electron chi connectivity index (χ1n) is 10.4. The van der Waals surface area contributed by atoms with Crippen molar-refractivity contribution < 1.29 is 4.55 Å². The molecule has 2 aliphatic rings. The van der Waals surface area contributed by atoms with E-state index in [9.17, 15) is 4.55 Å². The van der Waals surface area contributed by atoms with Crippen molar-refractivity contribution in [2.75, 3.05) is 72.4 Å². The van der Waals surface area contributed by atoms with Crippen LogP contribution in [0.2, 0.25) is 0 Å². The third-order valence-corrected chi connectivity index (χ3v) is 6.62. The molecule has 0 atom stereocenters. The normalized spacial score (nSPS) is 18.6. The molecule has 9 nitrogen and oxygen atoms in total. The summed E-state index contributed by atoms with van der Waals surface area (Å²) in [6, 6.07) is 0. The highest BCUT2D eigenvalue weighted by Crippen LogP contribution is 2.29. The molecule has 2 aromatic heterocycles. The van der Waals surface area contributed by atoms with Crippen LogP contribution in [0.15, 0.2) is 6.33 Å². The van der Waals surface area contributed by atoms with E-state index in [0.29, 0.717) is 17.4 Å². The van der Waals surface area contributed by atoms with Gasteiger partial charge in [0.25, 0.3) is 0 Å². The van der Waals surface area contributed by atoms with E-state index in [4.69, 9.17) is 9.97 Å². The molecular formula is C19H30N8OS. The summed E-state index contributed by atoms with van der Waals surface area (Å²) in [7, 11) is 0. The lowest BCUT2D eigenvalue weighted by molar-refractivity contribution is 0.578. The lowest BCUT2D eigenvalue weighted by Crippen LogP contribution is -2.45. The minimum Gasteiger partial charge on any atom is -0.616 e. The number of anilines is 3. The van der Waals surface area contributed by atoms with Crippen LogP contribution >= 0.6 is 0 Å². The van der Waals surface area contributed by atoms with E-state index < -0.39 is 11.2 Å². The summed E-state index contributed by atoms with van der Waals surface area (Å²) in [4.78, 5) is 23.2. The average molecular weight is 419 g/mol. The van der Waals surface area contributed by atoms with Gasteiger partial charge in [0.2, 0.25) is 5.95 Å². The zero-order chi connectivity index (χ0) is 20.2. The predicted molar refractivity (Wildman–Crippen MR) is 118 cm³/mol. The summed E-state index contributed by atoms with van der Waals surface area (Å²) >= 11 is -0.740. The summed E-state index contributed by atoms with van der Waals surface area (Å²) in [5.74, 6) is 4.26. The van der Waals surface area contributed by atoms with Crippen LogP contribution in [0.25, 0.3) is 11.0 Å². The molecule has 158 valence electrons. The van der Waals surface area contributed by atoms with Crippen LogP contribution in [-0.2, 0) is 11.2 Å². The van der Waals surface area contributed by atoms with Crippen molar-refractivity contribution >= 4 is 39.8 Å². The van der Waals surface area contributed by atoms with Crippen molar-refractivity contribution in [1.82, 2.24) is 25.3 Å². The molecule has 0 saturated carbocycles. The third kappa shape index (κ3) is 4.81. The van der Waals surface area contributed by atoms with Gasteiger partial charge in [0.1, 0.15) is 28.9 Å². The van der Waals surface area contributed by atoms with Gasteiger partial charge < -0.3 is 25.0 Å². The van der Waals surface area contributed by atoms with E-state index in [2.05, 4.69) is 44.2 Å². The van der Waals surface area contributed by atoms with Crippen molar-refractivity contribution in [3.63, 3.8) is 0 Å². The number of fused-ring (bicyclic) bond motifs is 1. The van der Waals surface area contributed by atoms with E-state index in [1.807, 2.05) is 0 Å². The fourth-order valence-corrected chi connectivity index (χ4v) is 4.66. The van der Waals surface area contributed by atoms with Gasteiger partial charge in [-0.1, -0.05) is 25.0 Å². The molecule has 29 heavy (non-hydrogen) atoms. The van der Waals surface area contributed by atoms with Crippen LogP contribution in [0, 0.1) is 5.92 Å². The van der Waals surface area contributed by atoms with E-state index in [1.165, 1.54) is 0 Å². The van der Waals surface area contributed by atoms with E-state index in [-0.39, 0.29) is 0 Å². The minimum absolute atomic E-state index is 0.617. The van der Waals surface area contributed by atoms with Crippen LogP contribution < -0.4 is 20.4 Å². The van der Waals surface area contributed by atoms with Gasteiger partial charge >= 0.3 is 0 Å². The van der Waals surface area contributed by atoms with Gasteiger partial charge in [-0.15, -0.1) is 0 Å². The summed E-state index contributed by atoms with van der Waals surface area (Å²) in [6.07, 6.45) is 2.64. The molecule has 0 unspecified atom stereocenters. The highest BCUT2D eigenvalue weighted by Gasteiger charge is 2.26. The lowest BCUT2D eigenvalue weighted by atomic mass is 10.1. The summed E-state index contributed by atoms with van der Waals surface area (Å²) in [5, 5.41) is 6.82. The van der Waals surface area contributed by atoms with Gasteiger partial charge in [0, 0.05) is 32.7 Å². The van der Waals surface area contributed by atoms with Crippen molar-refractivity contribution in [3.05, 3.63) is 6.33 Å². The van der Waals surface area contributed by atoms with Crippen LogP contribution in [0.3, 0.4) is 0 Å². The monoisotopic (exact) mass is 418 g/mol. The van der Waals surface area contributed by atoms with Gasteiger partial charge in [-0.05, 0) is 12.3 Å². The molecule has 2 aliphatic heterocycles. The minimum atomic E-state index is -0.740. The number of piperazine rings is 1. The van der Waals surface area contributed by atoms with Crippen molar-refractivity contribution in [1.29, 1.82) is 0 Å². The number of nitrogens with one attached hydrogen (secondary N) is 2. The maximum Gasteiger partial charge on any atom is 0.228 e. The molecule has 0 spiro atoms. The maximum absolute atomic E-state index is 11.8. The van der Waals surface area contributed by atoms with Crippen LogP contribution in [0.1, 0.15) is 20.3 Å². The Morgan fingerprint density at radius 1 is 1.07 bits per heavy atom.